The second-order valence-electron chi connectivity index (χ2n) is 7.72. The van der Waals surface area contributed by atoms with Crippen molar-refractivity contribution in [2.45, 2.75) is 51.2 Å². The van der Waals surface area contributed by atoms with Crippen LogP contribution in [-0.4, -0.2) is 51.6 Å². The van der Waals surface area contributed by atoms with E-state index in [9.17, 15) is 4.79 Å². The van der Waals surface area contributed by atoms with E-state index in [0.29, 0.717) is 18.2 Å². The second kappa shape index (κ2) is 8.65. The van der Waals surface area contributed by atoms with Gasteiger partial charge in [0.2, 0.25) is 0 Å². The third-order valence-electron chi connectivity index (χ3n) is 5.76. The van der Waals surface area contributed by atoms with Gasteiger partial charge in [0.05, 0.1) is 18.8 Å². The minimum atomic E-state index is 0.00935. The first-order valence-corrected chi connectivity index (χ1v) is 10.1. The fraction of sp³-hybridized carbons (Fsp3) is 0.571. The Balaban J connectivity index is 1.24. The Morgan fingerprint density at radius 2 is 1.96 bits per heavy atom. The molecule has 3 heterocycles. The molecule has 1 aromatic heterocycles. The average Bonchev–Trinajstić information content (AvgIpc) is 3.40. The standard InChI is InChI=1S/C21H28N4O2/c26-21(20-16-25(23-22-20)15-19-7-4-14-27-19)24-12-10-18(11-13-24)9-8-17-5-2-1-3-6-17/h1-3,5-6,16,18-19H,4,7-15H2. The number of piperidine rings is 1. The normalized spacial score (nSPS) is 20.9. The Bertz CT molecular complexity index is 732. The van der Waals surface area contributed by atoms with E-state index in [0.717, 1.165) is 51.8 Å². The maximum Gasteiger partial charge on any atom is 0.276 e. The SMILES string of the molecule is O=C(c1cn(CC2CCCO2)nn1)N1CCC(CCc2ccccc2)CC1. The van der Waals surface area contributed by atoms with Gasteiger partial charge < -0.3 is 9.64 Å². The first kappa shape index (κ1) is 18.2. The van der Waals surface area contributed by atoms with Crippen LogP contribution in [0.1, 0.15) is 48.2 Å². The number of rotatable bonds is 6. The van der Waals surface area contributed by atoms with Crippen LogP contribution in [0, 0.1) is 5.92 Å². The molecule has 144 valence electrons. The summed E-state index contributed by atoms with van der Waals surface area (Å²) in [6.45, 7) is 3.14. The number of aryl methyl sites for hydroxylation is 1. The lowest BCUT2D eigenvalue weighted by atomic mass is 9.90. The van der Waals surface area contributed by atoms with Gasteiger partial charge in [0.15, 0.2) is 5.69 Å². The van der Waals surface area contributed by atoms with Crippen LogP contribution in [0.15, 0.2) is 36.5 Å². The van der Waals surface area contributed by atoms with E-state index in [4.69, 9.17) is 4.74 Å². The van der Waals surface area contributed by atoms with Crippen LogP contribution in [0.3, 0.4) is 0 Å². The molecule has 0 N–H and O–H groups in total. The largest absolute Gasteiger partial charge is 0.376 e. The lowest BCUT2D eigenvalue weighted by Gasteiger charge is -2.31. The molecule has 1 atom stereocenters. The molecule has 2 aliphatic heterocycles. The average molecular weight is 368 g/mol. The summed E-state index contributed by atoms with van der Waals surface area (Å²) >= 11 is 0. The Morgan fingerprint density at radius 1 is 1.15 bits per heavy atom. The maximum atomic E-state index is 12.7. The molecule has 2 aliphatic rings. The highest BCUT2D eigenvalue weighted by Gasteiger charge is 2.25. The Hall–Kier alpha value is -2.21. The second-order valence-corrected chi connectivity index (χ2v) is 7.72. The zero-order valence-corrected chi connectivity index (χ0v) is 15.8. The van der Waals surface area contributed by atoms with Crippen LogP contribution in [0.2, 0.25) is 0 Å². The molecule has 1 amide bonds. The number of carbonyl (C=O) groups excluding carboxylic acids is 1. The van der Waals surface area contributed by atoms with Gasteiger partial charge in [0.1, 0.15) is 0 Å². The molecule has 0 bridgehead atoms. The van der Waals surface area contributed by atoms with E-state index < -0.39 is 0 Å². The highest BCUT2D eigenvalue weighted by molar-refractivity contribution is 5.91. The van der Waals surface area contributed by atoms with Gasteiger partial charge in [-0.1, -0.05) is 35.5 Å². The molecule has 1 aromatic carbocycles. The van der Waals surface area contributed by atoms with Crippen molar-refractivity contribution in [1.29, 1.82) is 0 Å². The van der Waals surface area contributed by atoms with Gasteiger partial charge in [-0.15, -0.1) is 5.10 Å². The number of aromatic nitrogens is 3. The Morgan fingerprint density at radius 3 is 2.70 bits per heavy atom. The topological polar surface area (TPSA) is 60.3 Å². The van der Waals surface area contributed by atoms with Crippen LogP contribution in [-0.2, 0) is 17.7 Å². The lowest BCUT2D eigenvalue weighted by Crippen LogP contribution is -2.38. The number of benzene rings is 1. The number of carbonyl (C=O) groups is 1. The minimum absolute atomic E-state index is 0.00935. The van der Waals surface area contributed by atoms with Gasteiger partial charge in [0, 0.05) is 19.7 Å². The molecule has 4 rings (SSSR count). The highest BCUT2D eigenvalue weighted by Crippen LogP contribution is 2.23. The van der Waals surface area contributed by atoms with Crippen LogP contribution in [0.4, 0.5) is 0 Å². The number of hydrogen-bond donors (Lipinski definition) is 0. The molecule has 0 spiro atoms. The van der Waals surface area contributed by atoms with Gasteiger partial charge in [-0.25, -0.2) is 4.68 Å². The highest BCUT2D eigenvalue weighted by atomic mass is 16.5. The fourth-order valence-corrected chi connectivity index (χ4v) is 4.08. The number of hydrogen-bond acceptors (Lipinski definition) is 4. The van der Waals surface area contributed by atoms with E-state index in [1.807, 2.05) is 4.90 Å². The Labute approximate surface area is 160 Å². The van der Waals surface area contributed by atoms with E-state index in [1.165, 1.54) is 12.0 Å². The van der Waals surface area contributed by atoms with Crippen molar-refractivity contribution >= 4 is 5.91 Å². The first-order chi connectivity index (χ1) is 13.3. The third-order valence-corrected chi connectivity index (χ3v) is 5.76. The van der Waals surface area contributed by atoms with Crippen molar-refractivity contribution in [3.05, 3.63) is 47.8 Å². The third kappa shape index (κ3) is 4.75. The minimum Gasteiger partial charge on any atom is -0.376 e. The van der Waals surface area contributed by atoms with Crippen molar-refractivity contribution in [2.24, 2.45) is 5.92 Å². The first-order valence-electron chi connectivity index (χ1n) is 10.1. The van der Waals surface area contributed by atoms with Crippen molar-refractivity contribution in [3.63, 3.8) is 0 Å². The van der Waals surface area contributed by atoms with Crippen molar-refractivity contribution in [2.75, 3.05) is 19.7 Å². The molecule has 0 saturated carbocycles. The molecule has 1 unspecified atom stereocenters. The molecule has 2 saturated heterocycles. The molecule has 6 nitrogen and oxygen atoms in total. The summed E-state index contributed by atoms with van der Waals surface area (Å²) in [6.07, 6.45) is 8.59. The summed E-state index contributed by atoms with van der Waals surface area (Å²) in [5.74, 6) is 0.708. The molecule has 2 aromatic rings. The van der Waals surface area contributed by atoms with Gasteiger partial charge in [-0.05, 0) is 50.0 Å². The van der Waals surface area contributed by atoms with Crippen molar-refractivity contribution < 1.29 is 9.53 Å². The summed E-state index contributed by atoms with van der Waals surface area (Å²) in [6, 6.07) is 10.6. The van der Waals surface area contributed by atoms with Crippen LogP contribution < -0.4 is 0 Å². The zero-order valence-electron chi connectivity index (χ0n) is 15.8. The molecule has 27 heavy (non-hydrogen) atoms. The van der Waals surface area contributed by atoms with E-state index in [-0.39, 0.29) is 12.0 Å². The summed E-state index contributed by atoms with van der Waals surface area (Å²) in [7, 11) is 0. The van der Waals surface area contributed by atoms with E-state index >= 15 is 0 Å². The van der Waals surface area contributed by atoms with Crippen molar-refractivity contribution in [3.8, 4) is 0 Å². The summed E-state index contributed by atoms with van der Waals surface area (Å²) in [5.41, 5.74) is 1.86. The summed E-state index contributed by atoms with van der Waals surface area (Å²) < 4.78 is 7.37. The number of amides is 1. The summed E-state index contributed by atoms with van der Waals surface area (Å²) in [4.78, 5) is 14.6. The lowest BCUT2D eigenvalue weighted by molar-refractivity contribution is 0.0680. The van der Waals surface area contributed by atoms with Gasteiger partial charge in [0.25, 0.3) is 5.91 Å². The predicted octanol–water partition coefficient (Wildman–Crippen LogP) is 2.94. The predicted molar refractivity (Wildman–Crippen MR) is 102 cm³/mol. The molecular formula is C21H28N4O2. The van der Waals surface area contributed by atoms with Gasteiger partial charge in [-0.2, -0.15) is 0 Å². The zero-order chi connectivity index (χ0) is 18.5. The van der Waals surface area contributed by atoms with Crippen molar-refractivity contribution in [1.82, 2.24) is 19.9 Å². The Kier molecular flexibility index (Phi) is 5.82. The fourth-order valence-electron chi connectivity index (χ4n) is 4.08. The van der Waals surface area contributed by atoms with Gasteiger partial charge >= 0.3 is 0 Å². The molecule has 6 heteroatoms. The van der Waals surface area contributed by atoms with Crippen LogP contribution >= 0.6 is 0 Å². The molecule has 0 radical (unpaired) electrons. The maximum absolute atomic E-state index is 12.7. The molecular weight excluding hydrogens is 340 g/mol. The quantitative estimate of drug-likeness (QED) is 0.787. The van der Waals surface area contributed by atoms with E-state index in [1.54, 1.807) is 10.9 Å². The molecule has 0 aliphatic carbocycles. The van der Waals surface area contributed by atoms with Gasteiger partial charge in [-0.3, -0.25) is 4.79 Å². The van der Waals surface area contributed by atoms with Crippen LogP contribution in [0.25, 0.3) is 0 Å². The summed E-state index contributed by atoms with van der Waals surface area (Å²) in [5, 5.41) is 8.21. The number of ether oxygens (including phenoxy) is 1. The molecule has 2 fully saturated rings. The smallest absolute Gasteiger partial charge is 0.276 e. The number of nitrogens with zero attached hydrogens (tertiary/aromatic N) is 4. The monoisotopic (exact) mass is 368 g/mol. The van der Waals surface area contributed by atoms with E-state index in [2.05, 4.69) is 40.6 Å². The number of likely N-dealkylation sites (tertiary alicyclic amines) is 1. The van der Waals surface area contributed by atoms with Crippen LogP contribution in [0.5, 0.6) is 0 Å².